The molecule has 2 N–H and O–H groups in total. The molecule has 206 valence electrons. The number of hydrogen-bond acceptors (Lipinski definition) is 8. The second kappa shape index (κ2) is 10.9. The van der Waals surface area contributed by atoms with Crippen molar-refractivity contribution in [3.8, 4) is 23.4 Å². The number of fused-ring (bicyclic) bond motifs is 2. The number of likely N-dealkylation sites (N-methyl/N-ethyl adjacent to an activating group) is 1. The van der Waals surface area contributed by atoms with Gasteiger partial charge in [-0.05, 0) is 68.7 Å². The zero-order chi connectivity index (χ0) is 28.4. The van der Waals surface area contributed by atoms with Gasteiger partial charge < -0.3 is 24.5 Å². The summed E-state index contributed by atoms with van der Waals surface area (Å²) in [5.41, 5.74) is 3.74. The topological polar surface area (TPSA) is 131 Å². The van der Waals surface area contributed by atoms with E-state index < -0.39 is 10.0 Å². The number of rotatable bonds is 8. The Labute approximate surface area is 232 Å². The van der Waals surface area contributed by atoms with Crippen molar-refractivity contribution in [2.24, 2.45) is 4.99 Å². The number of aromatic nitrogens is 1. The highest BCUT2D eigenvalue weighted by atomic mass is 32.2. The molecule has 0 saturated carbocycles. The lowest BCUT2D eigenvalue weighted by atomic mass is 9.99. The maximum atomic E-state index is 12.5. The number of benzene rings is 3. The zero-order valence-corrected chi connectivity index (χ0v) is 23.2. The fraction of sp³-hybridized carbons (Fsp3) is 0.241. The van der Waals surface area contributed by atoms with Gasteiger partial charge >= 0.3 is 0 Å². The van der Waals surface area contributed by atoms with Gasteiger partial charge in [-0.2, -0.15) is 5.26 Å². The summed E-state index contributed by atoms with van der Waals surface area (Å²) in [7, 11) is 0.288. The number of aromatic amines is 1. The molecule has 0 amide bonds. The fourth-order valence-electron chi connectivity index (χ4n) is 4.55. The van der Waals surface area contributed by atoms with Gasteiger partial charge in [0.2, 0.25) is 10.0 Å². The summed E-state index contributed by atoms with van der Waals surface area (Å²) in [5, 5.41) is 21.0. The monoisotopic (exact) mass is 559 g/mol. The van der Waals surface area contributed by atoms with Crippen LogP contribution in [0.2, 0.25) is 0 Å². The first kappa shape index (κ1) is 27.1. The van der Waals surface area contributed by atoms with Crippen LogP contribution in [0.4, 0.5) is 11.4 Å². The highest BCUT2D eigenvalue weighted by Crippen LogP contribution is 2.36. The summed E-state index contributed by atoms with van der Waals surface area (Å²) >= 11 is 0. The predicted octanol–water partition coefficient (Wildman–Crippen LogP) is 4.01. The third-order valence-electron chi connectivity index (χ3n) is 6.49. The molecule has 40 heavy (non-hydrogen) atoms. The smallest absolute Gasteiger partial charge is 0.232 e. The highest BCUT2D eigenvalue weighted by Gasteiger charge is 2.22. The number of sulfonamides is 1. The summed E-state index contributed by atoms with van der Waals surface area (Å²) < 4.78 is 37.8. The fourth-order valence-corrected chi connectivity index (χ4v) is 5.47. The van der Waals surface area contributed by atoms with Crippen LogP contribution in [0, 0.1) is 11.3 Å². The Morgan fingerprint density at radius 1 is 1.02 bits per heavy atom. The first-order valence-corrected chi connectivity index (χ1v) is 14.5. The van der Waals surface area contributed by atoms with E-state index in [-0.39, 0.29) is 5.88 Å². The molecule has 1 aliphatic rings. The molecular weight excluding hydrogens is 530 g/mol. The van der Waals surface area contributed by atoms with Crippen molar-refractivity contribution in [2.75, 3.05) is 51.0 Å². The van der Waals surface area contributed by atoms with Crippen molar-refractivity contribution in [1.82, 2.24) is 9.88 Å². The van der Waals surface area contributed by atoms with E-state index in [9.17, 15) is 18.8 Å². The van der Waals surface area contributed by atoms with Crippen LogP contribution < -0.4 is 13.8 Å². The molecule has 0 aliphatic carbocycles. The number of nitriles is 1. The summed E-state index contributed by atoms with van der Waals surface area (Å²) in [6.07, 6.45) is 1.19. The average molecular weight is 560 g/mol. The van der Waals surface area contributed by atoms with Gasteiger partial charge in [0.15, 0.2) is 17.4 Å². The molecule has 3 aromatic carbocycles. The molecule has 4 aromatic rings. The van der Waals surface area contributed by atoms with Crippen molar-refractivity contribution in [3.05, 3.63) is 77.4 Å². The van der Waals surface area contributed by atoms with E-state index in [1.807, 2.05) is 31.1 Å². The molecule has 1 aliphatic heterocycles. The number of hydrogen-bond donors (Lipinski definition) is 2. The Bertz CT molecular complexity index is 1740. The van der Waals surface area contributed by atoms with Crippen LogP contribution in [-0.2, 0) is 10.0 Å². The van der Waals surface area contributed by atoms with Crippen LogP contribution in [0.25, 0.3) is 10.9 Å². The minimum absolute atomic E-state index is 0.0951. The number of H-pyrrole nitrogens is 1. The molecule has 10 nitrogen and oxygen atoms in total. The van der Waals surface area contributed by atoms with E-state index in [1.54, 1.807) is 48.5 Å². The van der Waals surface area contributed by atoms with Crippen LogP contribution in [0.3, 0.4) is 0 Å². The minimum Gasteiger partial charge on any atom is -0.494 e. The molecule has 1 aromatic heterocycles. The molecule has 11 heteroatoms. The Morgan fingerprint density at radius 3 is 2.42 bits per heavy atom. The molecule has 0 bridgehead atoms. The van der Waals surface area contributed by atoms with Crippen LogP contribution in [0.5, 0.6) is 17.4 Å². The summed E-state index contributed by atoms with van der Waals surface area (Å²) in [6.45, 7) is 1.76. The molecular formula is C29H29N5O5S. The van der Waals surface area contributed by atoms with Gasteiger partial charge in [-0.25, -0.2) is 13.4 Å². The van der Waals surface area contributed by atoms with Crippen molar-refractivity contribution in [1.29, 1.82) is 5.26 Å². The number of nitrogens with one attached hydrogen (secondary N) is 1. The molecule has 0 radical (unpaired) electrons. The van der Waals surface area contributed by atoms with Crippen LogP contribution >= 0.6 is 0 Å². The van der Waals surface area contributed by atoms with Gasteiger partial charge in [0.25, 0.3) is 0 Å². The minimum atomic E-state index is -3.49. The molecule has 0 saturated heterocycles. The Kier molecular flexibility index (Phi) is 7.38. The number of anilines is 1. The number of aromatic hydroxyl groups is 1. The molecule has 2 heterocycles. The molecule has 5 rings (SSSR count). The van der Waals surface area contributed by atoms with Gasteiger partial charge in [-0.3, -0.25) is 4.31 Å². The van der Waals surface area contributed by atoms with E-state index in [4.69, 9.17) is 14.5 Å². The van der Waals surface area contributed by atoms with E-state index in [0.29, 0.717) is 82.5 Å². The Balaban J connectivity index is 1.62. The van der Waals surface area contributed by atoms with Gasteiger partial charge in [0.05, 0.1) is 46.1 Å². The van der Waals surface area contributed by atoms with Crippen molar-refractivity contribution < 1.29 is 23.0 Å². The number of ether oxygens (including phenoxy) is 2. The first-order valence-electron chi connectivity index (χ1n) is 12.6. The van der Waals surface area contributed by atoms with Crippen LogP contribution in [0.1, 0.15) is 16.7 Å². The third-order valence-corrected chi connectivity index (χ3v) is 7.68. The second-order valence-corrected chi connectivity index (χ2v) is 11.6. The highest BCUT2D eigenvalue weighted by molar-refractivity contribution is 7.92. The van der Waals surface area contributed by atoms with E-state index >= 15 is 0 Å². The quantitative estimate of drug-likeness (QED) is 0.312. The number of nitrogens with zero attached hydrogens (tertiary/aromatic N) is 4. The standard InChI is InChI=1S/C29H29N5O5S/c1-33(2)12-13-34(40(3,36)37)22-8-6-21(7-9-22)31-28(20-5-11-25-26(17-20)39-15-14-38-25)27-23-10-4-19(18-30)16-24(23)32-29(27)35/h4-11,16-17,32,35H,12-15H2,1-3H3. The lowest BCUT2D eigenvalue weighted by molar-refractivity contribution is 0.171. The Hall–Kier alpha value is -4.53. The summed E-state index contributed by atoms with van der Waals surface area (Å²) in [5.74, 6) is 1.10. The lowest BCUT2D eigenvalue weighted by Gasteiger charge is -2.24. The maximum Gasteiger partial charge on any atom is 0.232 e. The SMILES string of the molecule is CN(C)CCN(c1ccc(N=C(c2ccc3c(c2)OCCO3)c2c(O)[nH]c3cc(C#N)ccc23)cc1)S(C)(=O)=O. The van der Waals surface area contributed by atoms with Crippen molar-refractivity contribution in [2.45, 2.75) is 0 Å². The molecule has 0 spiro atoms. The molecule has 0 fully saturated rings. The number of aliphatic imine (C=N–C) groups is 1. The Morgan fingerprint density at radius 2 is 1.75 bits per heavy atom. The van der Waals surface area contributed by atoms with E-state index in [2.05, 4.69) is 11.1 Å². The van der Waals surface area contributed by atoms with Crippen LogP contribution in [0.15, 0.2) is 65.7 Å². The van der Waals surface area contributed by atoms with Gasteiger partial charge in [-0.1, -0.05) is 6.07 Å². The summed E-state index contributed by atoms with van der Waals surface area (Å²) in [6, 6.07) is 19.6. The largest absolute Gasteiger partial charge is 0.494 e. The van der Waals surface area contributed by atoms with Gasteiger partial charge in [0.1, 0.15) is 13.2 Å². The van der Waals surface area contributed by atoms with Gasteiger partial charge in [-0.15, -0.1) is 0 Å². The van der Waals surface area contributed by atoms with Crippen molar-refractivity contribution >= 4 is 38.0 Å². The molecule has 0 atom stereocenters. The van der Waals surface area contributed by atoms with Crippen LogP contribution in [-0.4, -0.2) is 75.8 Å². The van der Waals surface area contributed by atoms with Crippen molar-refractivity contribution in [3.63, 3.8) is 0 Å². The first-order chi connectivity index (χ1) is 19.1. The maximum absolute atomic E-state index is 12.5. The lowest BCUT2D eigenvalue weighted by Crippen LogP contribution is -2.35. The average Bonchev–Trinajstić information content (AvgIpc) is 3.25. The molecule has 0 unspecified atom stereocenters. The van der Waals surface area contributed by atoms with E-state index in [0.717, 1.165) is 0 Å². The van der Waals surface area contributed by atoms with Gasteiger partial charge in [0, 0.05) is 24.0 Å². The summed E-state index contributed by atoms with van der Waals surface area (Å²) in [4.78, 5) is 9.78. The second-order valence-electron chi connectivity index (χ2n) is 9.69. The normalized spacial score (nSPS) is 13.4. The zero-order valence-electron chi connectivity index (χ0n) is 22.4. The third kappa shape index (κ3) is 5.59. The van der Waals surface area contributed by atoms with E-state index in [1.165, 1.54) is 10.6 Å². The predicted molar refractivity (Wildman–Crippen MR) is 155 cm³/mol.